The molecule has 1 aromatic carbocycles. The molecule has 1 fully saturated rings. The average molecular weight is 343 g/mol. The number of benzene rings is 1. The van der Waals surface area contributed by atoms with Gasteiger partial charge in [0.15, 0.2) is 0 Å². The maximum atomic E-state index is 12.0. The molecule has 1 aliphatic rings. The summed E-state index contributed by atoms with van der Waals surface area (Å²) >= 11 is 0. The van der Waals surface area contributed by atoms with Crippen LogP contribution in [0.3, 0.4) is 0 Å². The first-order chi connectivity index (χ1) is 12.0. The number of carbonyl (C=O) groups is 2. The minimum atomic E-state index is -0.261. The summed E-state index contributed by atoms with van der Waals surface area (Å²) in [5.41, 5.74) is 1.37. The number of hydrogen-bond acceptors (Lipinski definition) is 5. The van der Waals surface area contributed by atoms with Crippen molar-refractivity contribution in [3.63, 3.8) is 0 Å². The van der Waals surface area contributed by atoms with Gasteiger partial charge in [-0.1, -0.05) is 0 Å². The number of aromatic nitrogens is 1. The number of rotatable bonds is 7. The summed E-state index contributed by atoms with van der Waals surface area (Å²) in [4.78, 5) is 28.0. The first-order valence-corrected chi connectivity index (χ1v) is 8.22. The molecule has 0 bridgehead atoms. The fourth-order valence-corrected chi connectivity index (χ4v) is 2.35. The van der Waals surface area contributed by atoms with Crippen LogP contribution in [0.1, 0.15) is 24.3 Å². The number of carbonyl (C=O) groups excluding carboxylic acids is 2. The van der Waals surface area contributed by atoms with E-state index in [0.29, 0.717) is 17.3 Å². The van der Waals surface area contributed by atoms with Gasteiger partial charge in [-0.15, -0.1) is 0 Å². The molecule has 1 saturated carbocycles. The van der Waals surface area contributed by atoms with Crippen LogP contribution in [0.2, 0.25) is 0 Å². The molecule has 0 aliphatic heterocycles. The van der Waals surface area contributed by atoms with E-state index in [-0.39, 0.29) is 30.8 Å². The van der Waals surface area contributed by atoms with E-state index in [2.05, 4.69) is 15.6 Å². The van der Waals surface area contributed by atoms with Crippen molar-refractivity contribution in [1.82, 2.24) is 15.6 Å². The molecule has 1 aliphatic carbocycles. The highest BCUT2D eigenvalue weighted by molar-refractivity contribution is 5.85. The molecule has 2 aromatic rings. The Morgan fingerprint density at radius 1 is 1.24 bits per heavy atom. The van der Waals surface area contributed by atoms with E-state index in [0.717, 1.165) is 24.2 Å². The number of nitrogens with zero attached hydrogens (tertiary/aromatic N) is 1. The van der Waals surface area contributed by atoms with Crippen LogP contribution in [0.25, 0.3) is 11.5 Å². The molecule has 132 valence electrons. The Morgan fingerprint density at radius 3 is 2.60 bits per heavy atom. The van der Waals surface area contributed by atoms with Crippen LogP contribution in [-0.4, -0.2) is 36.5 Å². The highest BCUT2D eigenvalue weighted by Gasteiger charge is 2.23. The molecule has 7 heteroatoms. The van der Waals surface area contributed by atoms with Crippen LogP contribution in [0, 0.1) is 6.92 Å². The Hall–Kier alpha value is -2.83. The van der Waals surface area contributed by atoms with Crippen molar-refractivity contribution in [1.29, 1.82) is 0 Å². The summed E-state index contributed by atoms with van der Waals surface area (Å²) in [5, 5.41) is 5.43. The molecule has 0 spiro atoms. The van der Waals surface area contributed by atoms with Crippen LogP contribution in [0.5, 0.6) is 5.75 Å². The summed E-state index contributed by atoms with van der Waals surface area (Å²) in [7, 11) is 1.60. The molecule has 0 unspecified atom stereocenters. The second-order valence-corrected chi connectivity index (χ2v) is 6.05. The van der Waals surface area contributed by atoms with Crippen LogP contribution < -0.4 is 15.4 Å². The summed E-state index contributed by atoms with van der Waals surface area (Å²) in [6.45, 7) is 1.75. The van der Waals surface area contributed by atoms with Gasteiger partial charge in [-0.05, 0) is 44.0 Å². The predicted molar refractivity (Wildman–Crippen MR) is 91.1 cm³/mol. The standard InChI is InChI=1S/C18H21N3O4/c1-11-15(9-16(22)19-10-17(23)20-13-5-6-13)21-18(25-11)12-3-7-14(24-2)8-4-12/h3-4,7-8,13H,5-6,9-10H2,1-2H3,(H,19,22)(H,20,23). The number of oxazole rings is 1. The van der Waals surface area contributed by atoms with Crippen molar-refractivity contribution in [3.8, 4) is 17.2 Å². The van der Waals surface area contributed by atoms with Crippen molar-refractivity contribution < 1.29 is 18.7 Å². The van der Waals surface area contributed by atoms with E-state index in [4.69, 9.17) is 9.15 Å². The number of ether oxygens (including phenoxy) is 1. The Kier molecular flexibility index (Phi) is 5.02. The molecule has 25 heavy (non-hydrogen) atoms. The lowest BCUT2D eigenvalue weighted by Crippen LogP contribution is -2.38. The number of methoxy groups -OCH3 is 1. The van der Waals surface area contributed by atoms with E-state index < -0.39 is 0 Å². The Morgan fingerprint density at radius 2 is 1.96 bits per heavy atom. The van der Waals surface area contributed by atoms with Crippen molar-refractivity contribution in [2.75, 3.05) is 13.7 Å². The number of nitrogens with one attached hydrogen (secondary N) is 2. The molecular weight excluding hydrogens is 322 g/mol. The quantitative estimate of drug-likeness (QED) is 0.796. The minimum Gasteiger partial charge on any atom is -0.497 e. The summed E-state index contributed by atoms with van der Waals surface area (Å²) in [5.74, 6) is 1.37. The van der Waals surface area contributed by atoms with E-state index in [1.807, 2.05) is 24.3 Å². The SMILES string of the molecule is COc1ccc(-c2nc(CC(=O)NCC(=O)NC3CC3)c(C)o2)cc1. The minimum absolute atomic E-state index is 0.0163. The number of aryl methyl sites for hydroxylation is 1. The molecule has 0 saturated heterocycles. The molecular formula is C18H21N3O4. The van der Waals surface area contributed by atoms with Gasteiger partial charge in [-0.3, -0.25) is 9.59 Å². The molecule has 1 heterocycles. The number of hydrogen-bond donors (Lipinski definition) is 2. The summed E-state index contributed by atoms with van der Waals surface area (Å²) < 4.78 is 10.8. The molecule has 2 N–H and O–H groups in total. The van der Waals surface area contributed by atoms with E-state index in [9.17, 15) is 9.59 Å². The third-order valence-electron chi connectivity index (χ3n) is 3.95. The van der Waals surface area contributed by atoms with Crippen LogP contribution in [0.4, 0.5) is 0 Å². The fourth-order valence-electron chi connectivity index (χ4n) is 2.35. The summed E-state index contributed by atoms with van der Waals surface area (Å²) in [6, 6.07) is 7.61. The van der Waals surface area contributed by atoms with Gasteiger partial charge >= 0.3 is 0 Å². The Bertz CT molecular complexity index is 763. The van der Waals surface area contributed by atoms with Gasteiger partial charge in [-0.2, -0.15) is 0 Å². The zero-order chi connectivity index (χ0) is 17.8. The van der Waals surface area contributed by atoms with Crippen LogP contribution in [0.15, 0.2) is 28.7 Å². The topological polar surface area (TPSA) is 93.5 Å². The van der Waals surface area contributed by atoms with Crippen molar-refractivity contribution in [3.05, 3.63) is 35.7 Å². The van der Waals surface area contributed by atoms with Gasteiger partial charge < -0.3 is 19.8 Å². The van der Waals surface area contributed by atoms with Gasteiger partial charge in [0.2, 0.25) is 17.7 Å². The van der Waals surface area contributed by atoms with Crippen molar-refractivity contribution in [2.24, 2.45) is 0 Å². The predicted octanol–water partition coefficient (Wildman–Crippen LogP) is 1.60. The Balaban J connectivity index is 1.57. The lowest BCUT2D eigenvalue weighted by Gasteiger charge is -2.05. The second kappa shape index (κ2) is 7.38. The highest BCUT2D eigenvalue weighted by Crippen LogP contribution is 2.24. The largest absolute Gasteiger partial charge is 0.497 e. The lowest BCUT2D eigenvalue weighted by atomic mass is 10.2. The van der Waals surface area contributed by atoms with Gasteiger partial charge in [-0.25, -0.2) is 4.98 Å². The second-order valence-electron chi connectivity index (χ2n) is 6.05. The van der Waals surface area contributed by atoms with Gasteiger partial charge in [0, 0.05) is 11.6 Å². The van der Waals surface area contributed by atoms with E-state index >= 15 is 0 Å². The van der Waals surface area contributed by atoms with Crippen molar-refractivity contribution in [2.45, 2.75) is 32.2 Å². The van der Waals surface area contributed by atoms with E-state index in [1.54, 1.807) is 14.0 Å². The monoisotopic (exact) mass is 343 g/mol. The zero-order valence-corrected chi connectivity index (χ0v) is 14.3. The third-order valence-corrected chi connectivity index (χ3v) is 3.95. The summed E-state index contributed by atoms with van der Waals surface area (Å²) in [6.07, 6.45) is 2.11. The average Bonchev–Trinajstić information content (AvgIpc) is 3.35. The molecule has 0 radical (unpaired) electrons. The zero-order valence-electron chi connectivity index (χ0n) is 14.3. The molecule has 3 rings (SSSR count). The molecule has 0 atom stereocenters. The first-order valence-electron chi connectivity index (χ1n) is 8.22. The normalized spacial score (nSPS) is 13.4. The van der Waals surface area contributed by atoms with Gasteiger partial charge in [0.1, 0.15) is 11.5 Å². The lowest BCUT2D eigenvalue weighted by molar-refractivity contribution is -0.125. The highest BCUT2D eigenvalue weighted by atomic mass is 16.5. The van der Waals surface area contributed by atoms with Crippen LogP contribution >= 0.6 is 0 Å². The maximum absolute atomic E-state index is 12.0. The van der Waals surface area contributed by atoms with Gasteiger partial charge in [0.05, 0.1) is 25.8 Å². The molecule has 2 amide bonds. The molecule has 1 aromatic heterocycles. The third kappa shape index (κ3) is 4.59. The Labute approximate surface area is 145 Å². The molecule has 7 nitrogen and oxygen atoms in total. The van der Waals surface area contributed by atoms with E-state index in [1.165, 1.54) is 0 Å². The van der Waals surface area contributed by atoms with Crippen molar-refractivity contribution >= 4 is 11.8 Å². The van der Waals surface area contributed by atoms with Crippen LogP contribution in [-0.2, 0) is 16.0 Å². The number of amides is 2. The fraction of sp³-hybridized carbons (Fsp3) is 0.389. The first kappa shape index (κ1) is 17.0. The maximum Gasteiger partial charge on any atom is 0.239 e. The van der Waals surface area contributed by atoms with Gasteiger partial charge in [0.25, 0.3) is 0 Å². The smallest absolute Gasteiger partial charge is 0.239 e.